The molecule has 2 fully saturated rings. The average molecular weight is 280 g/mol. The van der Waals surface area contributed by atoms with Gasteiger partial charge in [-0.1, -0.05) is 20.8 Å². The summed E-state index contributed by atoms with van der Waals surface area (Å²) in [4.78, 5) is 9.57. The summed E-state index contributed by atoms with van der Waals surface area (Å²) in [5, 5.41) is 0. The van der Waals surface area contributed by atoms with E-state index in [1.807, 2.05) is 0 Å². The predicted octanol–water partition coefficient (Wildman–Crippen LogP) is 2.15. The Morgan fingerprint density at radius 2 is 2.00 bits per heavy atom. The van der Waals surface area contributed by atoms with Crippen LogP contribution in [0.2, 0.25) is 0 Å². The number of likely N-dealkylation sites (tertiary alicyclic amines) is 2. The molecule has 2 heterocycles. The van der Waals surface area contributed by atoms with E-state index in [2.05, 4.69) is 30.6 Å². The second-order valence-corrected chi connectivity index (χ2v) is 7.08. The normalized spacial score (nSPS) is 29.4. The fourth-order valence-corrected chi connectivity index (χ4v) is 3.51. The maximum atomic E-state index is 6.19. The van der Waals surface area contributed by atoms with E-state index >= 15 is 0 Å². The quantitative estimate of drug-likeness (QED) is 0.634. The van der Waals surface area contributed by atoms with Crippen molar-refractivity contribution in [3.05, 3.63) is 0 Å². The third kappa shape index (κ3) is 4.37. The Balaban J connectivity index is 1.84. The van der Waals surface area contributed by atoms with Crippen molar-refractivity contribution in [2.45, 2.75) is 52.5 Å². The van der Waals surface area contributed by atoms with Gasteiger partial charge in [0.25, 0.3) is 0 Å². The first-order valence-corrected chi connectivity index (χ1v) is 8.35. The van der Waals surface area contributed by atoms with Crippen LogP contribution in [0.3, 0.4) is 0 Å². The number of nitrogens with zero attached hydrogens (tertiary/aromatic N) is 3. The van der Waals surface area contributed by atoms with Crippen LogP contribution in [0.5, 0.6) is 0 Å². The van der Waals surface area contributed by atoms with Gasteiger partial charge < -0.3 is 10.6 Å². The van der Waals surface area contributed by atoms with Gasteiger partial charge in [0.2, 0.25) is 0 Å². The number of rotatable bonds is 4. The molecule has 2 aliphatic rings. The summed E-state index contributed by atoms with van der Waals surface area (Å²) in [7, 11) is 0. The predicted molar refractivity (Wildman–Crippen MR) is 85.9 cm³/mol. The molecule has 0 bridgehead atoms. The van der Waals surface area contributed by atoms with Gasteiger partial charge in [-0.3, -0.25) is 9.89 Å². The van der Waals surface area contributed by atoms with Crippen LogP contribution >= 0.6 is 0 Å². The molecule has 0 aromatic heterocycles. The topological polar surface area (TPSA) is 44.9 Å². The van der Waals surface area contributed by atoms with Crippen molar-refractivity contribution in [3.8, 4) is 0 Å². The van der Waals surface area contributed by atoms with Crippen LogP contribution in [0.25, 0.3) is 0 Å². The summed E-state index contributed by atoms with van der Waals surface area (Å²) in [6.07, 6.45) is 5.17. The molecule has 2 saturated heterocycles. The lowest BCUT2D eigenvalue weighted by Gasteiger charge is -2.32. The van der Waals surface area contributed by atoms with Crippen molar-refractivity contribution in [2.24, 2.45) is 22.6 Å². The lowest BCUT2D eigenvalue weighted by molar-refractivity contribution is 0.229. The first-order valence-electron chi connectivity index (χ1n) is 8.35. The van der Waals surface area contributed by atoms with Gasteiger partial charge in [0, 0.05) is 25.7 Å². The van der Waals surface area contributed by atoms with Crippen molar-refractivity contribution in [1.82, 2.24) is 9.80 Å². The van der Waals surface area contributed by atoms with Crippen LogP contribution in [0.4, 0.5) is 0 Å². The van der Waals surface area contributed by atoms with E-state index < -0.39 is 0 Å². The summed E-state index contributed by atoms with van der Waals surface area (Å²) >= 11 is 0. The molecule has 116 valence electrons. The third-order valence-electron chi connectivity index (χ3n) is 4.54. The Bertz CT molecular complexity index is 326. The van der Waals surface area contributed by atoms with Gasteiger partial charge in [-0.15, -0.1) is 0 Å². The van der Waals surface area contributed by atoms with Gasteiger partial charge in [0.1, 0.15) is 0 Å². The smallest absolute Gasteiger partial charge is 0.191 e. The summed E-state index contributed by atoms with van der Waals surface area (Å²) in [5.41, 5.74) is 6.19. The number of hydrogen-bond donors (Lipinski definition) is 1. The highest BCUT2D eigenvalue weighted by molar-refractivity contribution is 5.78. The molecule has 0 aromatic carbocycles. The van der Waals surface area contributed by atoms with Crippen molar-refractivity contribution in [1.29, 1.82) is 0 Å². The zero-order valence-corrected chi connectivity index (χ0v) is 13.5. The van der Waals surface area contributed by atoms with Crippen LogP contribution in [-0.2, 0) is 0 Å². The minimum atomic E-state index is 0.609. The van der Waals surface area contributed by atoms with E-state index in [9.17, 15) is 0 Å². The lowest BCUT2D eigenvalue weighted by Crippen LogP contribution is -2.44. The lowest BCUT2D eigenvalue weighted by atomic mass is 10.0. The number of piperidine rings is 1. The molecule has 2 N–H and O–H groups in total. The van der Waals surface area contributed by atoms with Crippen molar-refractivity contribution in [2.75, 3.05) is 32.7 Å². The maximum Gasteiger partial charge on any atom is 0.191 e. The molecule has 0 amide bonds. The fraction of sp³-hybridized carbons (Fsp3) is 0.938. The van der Waals surface area contributed by atoms with E-state index in [-0.39, 0.29) is 0 Å². The molecule has 0 spiro atoms. The molecule has 2 atom stereocenters. The SMILES string of the molecule is CC(C)CN1CCC[C@@H]1CN=C(N)N1CCCC(C)C1. The van der Waals surface area contributed by atoms with E-state index in [0.717, 1.165) is 37.4 Å². The average Bonchev–Trinajstić information content (AvgIpc) is 2.82. The molecule has 2 rings (SSSR count). The largest absolute Gasteiger partial charge is 0.370 e. The zero-order chi connectivity index (χ0) is 14.5. The summed E-state index contributed by atoms with van der Waals surface area (Å²) in [5.74, 6) is 2.26. The maximum absolute atomic E-state index is 6.19. The summed E-state index contributed by atoms with van der Waals surface area (Å²) in [6, 6.07) is 0.609. The van der Waals surface area contributed by atoms with Crippen LogP contribution < -0.4 is 5.73 Å². The molecule has 0 saturated carbocycles. The molecule has 2 aliphatic heterocycles. The Morgan fingerprint density at radius 1 is 1.25 bits per heavy atom. The highest BCUT2D eigenvalue weighted by Gasteiger charge is 2.25. The van der Waals surface area contributed by atoms with E-state index in [1.54, 1.807) is 0 Å². The zero-order valence-electron chi connectivity index (χ0n) is 13.5. The standard InChI is InChI=1S/C16H32N4/c1-13(2)11-19-8-5-7-15(19)10-18-16(17)20-9-4-6-14(3)12-20/h13-15H,4-12H2,1-3H3,(H2,17,18)/t14?,15-/m1/s1. The Labute approximate surface area is 124 Å². The molecule has 4 nitrogen and oxygen atoms in total. The van der Waals surface area contributed by atoms with Crippen LogP contribution in [-0.4, -0.2) is 54.5 Å². The monoisotopic (exact) mass is 280 g/mol. The molecule has 0 aliphatic carbocycles. The molecule has 20 heavy (non-hydrogen) atoms. The van der Waals surface area contributed by atoms with Crippen molar-refractivity contribution >= 4 is 5.96 Å². The Kier molecular flexibility index (Phi) is 5.70. The van der Waals surface area contributed by atoms with Crippen LogP contribution in [0.1, 0.15) is 46.5 Å². The van der Waals surface area contributed by atoms with E-state index in [4.69, 9.17) is 10.7 Å². The second kappa shape index (κ2) is 7.30. The number of hydrogen-bond acceptors (Lipinski definition) is 2. The van der Waals surface area contributed by atoms with Crippen molar-refractivity contribution in [3.63, 3.8) is 0 Å². The second-order valence-electron chi connectivity index (χ2n) is 7.08. The van der Waals surface area contributed by atoms with Gasteiger partial charge in [0.15, 0.2) is 5.96 Å². The fourth-order valence-electron chi connectivity index (χ4n) is 3.51. The van der Waals surface area contributed by atoms with Gasteiger partial charge in [-0.25, -0.2) is 0 Å². The minimum Gasteiger partial charge on any atom is -0.370 e. The Morgan fingerprint density at radius 3 is 2.70 bits per heavy atom. The molecule has 1 unspecified atom stereocenters. The third-order valence-corrected chi connectivity index (χ3v) is 4.54. The number of nitrogens with two attached hydrogens (primary N) is 1. The van der Waals surface area contributed by atoms with Gasteiger partial charge in [-0.05, 0) is 44.1 Å². The number of guanidine groups is 1. The first kappa shape index (κ1) is 15.6. The van der Waals surface area contributed by atoms with Gasteiger partial charge in [0.05, 0.1) is 6.54 Å². The number of aliphatic imine (C=N–C) groups is 1. The first-order chi connectivity index (χ1) is 9.56. The highest BCUT2D eigenvalue weighted by atomic mass is 15.3. The van der Waals surface area contributed by atoms with Crippen LogP contribution in [0, 0.1) is 11.8 Å². The molecule has 4 heteroatoms. The molecular weight excluding hydrogens is 248 g/mol. The van der Waals surface area contributed by atoms with Crippen LogP contribution in [0.15, 0.2) is 4.99 Å². The van der Waals surface area contributed by atoms with E-state index in [0.29, 0.717) is 6.04 Å². The molecular formula is C16H32N4. The summed E-state index contributed by atoms with van der Waals surface area (Å²) in [6.45, 7) is 12.4. The van der Waals surface area contributed by atoms with Crippen molar-refractivity contribution < 1.29 is 0 Å². The minimum absolute atomic E-state index is 0.609. The van der Waals surface area contributed by atoms with E-state index in [1.165, 1.54) is 38.8 Å². The molecule has 0 aromatic rings. The summed E-state index contributed by atoms with van der Waals surface area (Å²) < 4.78 is 0. The van der Waals surface area contributed by atoms with Gasteiger partial charge >= 0.3 is 0 Å². The molecule has 0 radical (unpaired) electrons. The Hall–Kier alpha value is -0.770. The van der Waals surface area contributed by atoms with Gasteiger partial charge in [-0.2, -0.15) is 0 Å². The highest BCUT2D eigenvalue weighted by Crippen LogP contribution is 2.19.